The van der Waals surface area contributed by atoms with Gasteiger partial charge in [0.05, 0.1) is 25.1 Å². The molecule has 0 radical (unpaired) electrons. The number of para-hydroxylation sites is 1. The molecule has 5 heteroatoms. The zero-order chi connectivity index (χ0) is 15.7. The molecule has 0 unspecified atom stereocenters. The summed E-state index contributed by atoms with van der Waals surface area (Å²) in [6, 6.07) is 19.9. The molecule has 1 heterocycles. The molecule has 0 bridgehead atoms. The molecular weight excluding hydrogens is 288 g/mol. The van der Waals surface area contributed by atoms with E-state index in [0.717, 1.165) is 30.3 Å². The summed E-state index contributed by atoms with van der Waals surface area (Å²) in [4.78, 5) is 6.83. The van der Waals surface area contributed by atoms with Crippen LogP contribution in [0.1, 0.15) is 5.56 Å². The van der Waals surface area contributed by atoms with Crippen molar-refractivity contribution in [2.75, 3.05) is 26.3 Å². The van der Waals surface area contributed by atoms with Crippen LogP contribution in [0.5, 0.6) is 0 Å². The van der Waals surface area contributed by atoms with Crippen molar-refractivity contribution in [2.45, 2.75) is 0 Å². The first-order valence-electron chi connectivity index (χ1n) is 7.72. The highest BCUT2D eigenvalue weighted by Crippen LogP contribution is 2.11. The number of nitrogens with zero attached hydrogens (tertiary/aromatic N) is 3. The van der Waals surface area contributed by atoms with Gasteiger partial charge in [0, 0.05) is 13.1 Å². The van der Waals surface area contributed by atoms with Crippen molar-refractivity contribution in [3.05, 3.63) is 66.2 Å². The molecule has 1 aliphatic heterocycles. The lowest BCUT2D eigenvalue weighted by atomic mass is 10.2. The van der Waals surface area contributed by atoms with E-state index >= 15 is 0 Å². The van der Waals surface area contributed by atoms with E-state index in [-0.39, 0.29) is 0 Å². The third kappa shape index (κ3) is 4.66. The Labute approximate surface area is 136 Å². The maximum atomic E-state index is 5.41. The SMILES string of the molecule is C(=N\NC(=Nc1ccccc1)N1CCOCC1)/c1ccccc1. The summed E-state index contributed by atoms with van der Waals surface area (Å²) in [7, 11) is 0. The average molecular weight is 308 g/mol. The van der Waals surface area contributed by atoms with Gasteiger partial charge in [0.25, 0.3) is 0 Å². The van der Waals surface area contributed by atoms with Crippen LogP contribution in [-0.4, -0.2) is 43.4 Å². The van der Waals surface area contributed by atoms with Gasteiger partial charge in [-0.1, -0.05) is 48.5 Å². The highest BCUT2D eigenvalue weighted by atomic mass is 16.5. The van der Waals surface area contributed by atoms with Gasteiger partial charge in [-0.3, -0.25) is 0 Å². The van der Waals surface area contributed by atoms with Crippen molar-refractivity contribution in [3.8, 4) is 0 Å². The maximum absolute atomic E-state index is 5.41. The molecular formula is C18H20N4O. The Hall–Kier alpha value is -2.66. The minimum atomic E-state index is 0.706. The number of nitrogens with one attached hydrogen (secondary N) is 1. The minimum Gasteiger partial charge on any atom is -0.378 e. The van der Waals surface area contributed by atoms with Crippen LogP contribution in [0.2, 0.25) is 0 Å². The average Bonchev–Trinajstić information content (AvgIpc) is 2.63. The van der Waals surface area contributed by atoms with Crippen LogP contribution in [0.4, 0.5) is 5.69 Å². The first-order valence-corrected chi connectivity index (χ1v) is 7.72. The van der Waals surface area contributed by atoms with Gasteiger partial charge in [0.15, 0.2) is 0 Å². The van der Waals surface area contributed by atoms with Gasteiger partial charge >= 0.3 is 0 Å². The summed E-state index contributed by atoms with van der Waals surface area (Å²) < 4.78 is 5.41. The minimum absolute atomic E-state index is 0.706. The second kappa shape index (κ2) is 8.10. The number of morpholine rings is 1. The summed E-state index contributed by atoms with van der Waals surface area (Å²) >= 11 is 0. The van der Waals surface area contributed by atoms with Gasteiger partial charge in [-0.2, -0.15) is 5.10 Å². The predicted molar refractivity (Wildman–Crippen MR) is 93.1 cm³/mol. The van der Waals surface area contributed by atoms with Crippen molar-refractivity contribution in [2.24, 2.45) is 10.1 Å². The molecule has 1 saturated heterocycles. The van der Waals surface area contributed by atoms with E-state index in [1.54, 1.807) is 6.21 Å². The Kier molecular flexibility index (Phi) is 5.37. The van der Waals surface area contributed by atoms with E-state index in [1.165, 1.54) is 0 Å². The molecule has 1 fully saturated rings. The molecule has 0 amide bonds. The molecule has 0 spiro atoms. The first kappa shape index (κ1) is 15.2. The van der Waals surface area contributed by atoms with E-state index in [1.807, 2.05) is 60.7 Å². The molecule has 2 aromatic carbocycles. The molecule has 0 atom stereocenters. The molecule has 2 aromatic rings. The zero-order valence-electron chi connectivity index (χ0n) is 12.9. The number of hydrazone groups is 1. The van der Waals surface area contributed by atoms with E-state index in [9.17, 15) is 0 Å². The Morgan fingerprint density at radius 2 is 1.61 bits per heavy atom. The smallest absolute Gasteiger partial charge is 0.220 e. The van der Waals surface area contributed by atoms with Gasteiger partial charge < -0.3 is 9.64 Å². The number of hydrogen-bond donors (Lipinski definition) is 1. The molecule has 118 valence electrons. The van der Waals surface area contributed by atoms with Crippen LogP contribution in [0.3, 0.4) is 0 Å². The number of ether oxygens (including phenoxy) is 1. The monoisotopic (exact) mass is 308 g/mol. The van der Waals surface area contributed by atoms with Crippen LogP contribution < -0.4 is 5.43 Å². The van der Waals surface area contributed by atoms with Crippen LogP contribution in [0, 0.1) is 0 Å². The van der Waals surface area contributed by atoms with Crippen LogP contribution in [0.15, 0.2) is 70.8 Å². The van der Waals surface area contributed by atoms with Crippen LogP contribution >= 0.6 is 0 Å². The Morgan fingerprint density at radius 1 is 0.957 bits per heavy atom. The van der Waals surface area contributed by atoms with Crippen molar-refractivity contribution in [1.29, 1.82) is 0 Å². The van der Waals surface area contributed by atoms with Gasteiger partial charge in [0.2, 0.25) is 5.96 Å². The lowest BCUT2D eigenvalue weighted by Crippen LogP contribution is -2.45. The maximum Gasteiger partial charge on any atom is 0.220 e. The molecule has 0 saturated carbocycles. The number of aliphatic imine (C=N–C) groups is 1. The number of rotatable bonds is 3. The molecule has 0 aliphatic carbocycles. The van der Waals surface area contributed by atoms with Crippen LogP contribution in [-0.2, 0) is 4.74 Å². The van der Waals surface area contributed by atoms with Gasteiger partial charge in [-0.05, 0) is 17.7 Å². The standard InChI is InChI=1S/C18H20N4O/c1-3-7-16(8-4-1)15-19-21-18(22-11-13-23-14-12-22)20-17-9-5-2-6-10-17/h1-10,15H,11-14H2,(H,20,21)/b19-15+. The summed E-state index contributed by atoms with van der Waals surface area (Å²) in [5.74, 6) is 0.742. The summed E-state index contributed by atoms with van der Waals surface area (Å²) in [6.07, 6.45) is 1.79. The second-order valence-electron chi connectivity index (χ2n) is 5.15. The Morgan fingerprint density at radius 3 is 2.30 bits per heavy atom. The third-order valence-electron chi connectivity index (χ3n) is 3.48. The van der Waals surface area contributed by atoms with Crippen molar-refractivity contribution in [1.82, 2.24) is 10.3 Å². The predicted octanol–water partition coefficient (Wildman–Crippen LogP) is 2.63. The van der Waals surface area contributed by atoms with E-state index in [0.29, 0.717) is 13.2 Å². The molecule has 3 rings (SSSR count). The fraction of sp³-hybridized carbons (Fsp3) is 0.222. The lowest BCUT2D eigenvalue weighted by Gasteiger charge is -2.29. The van der Waals surface area contributed by atoms with E-state index in [2.05, 4.69) is 20.4 Å². The van der Waals surface area contributed by atoms with Gasteiger partial charge in [-0.25, -0.2) is 10.4 Å². The fourth-order valence-electron chi connectivity index (χ4n) is 2.27. The number of guanidine groups is 1. The number of benzene rings is 2. The lowest BCUT2D eigenvalue weighted by molar-refractivity contribution is 0.0666. The molecule has 0 aromatic heterocycles. The highest BCUT2D eigenvalue weighted by Gasteiger charge is 2.14. The van der Waals surface area contributed by atoms with E-state index in [4.69, 9.17) is 4.74 Å². The number of hydrogen-bond acceptors (Lipinski definition) is 3. The van der Waals surface area contributed by atoms with Crippen LogP contribution in [0.25, 0.3) is 0 Å². The molecule has 5 nitrogen and oxygen atoms in total. The summed E-state index contributed by atoms with van der Waals surface area (Å²) in [5, 5.41) is 4.33. The quantitative estimate of drug-likeness (QED) is 0.539. The highest BCUT2D eigenvalue weighted by molar-refractivity contribution is 5.85. The van der Waals surface area contributed by atoms with E-state index < -0.39 is 0 Å². The fourth-order valence-corrected chi connectivity index (χ4v) is 2.27. The van der Waals surface area contributed by atoms with Crippen molar-refractivity contribution >= 4 is 17.9 Å². The summed E-state index contributed by atoms with van der Waals surface area (Å²) in [6.45, 7) is 3.02. The van der Waals surface area contributed by atoms with Gasteiger partial charge in [-0.15, -0.1) is 0 Å². The zero-order valence-corrected chi connectivity index (χ0v) is 12.9. The second-order valence-corrected chi connectivity index (χ2v) is 5.15. The largest absolute Gasteiger partial charge is 0.378 e. The Bertz CT molecular complexity index is 649. The first-order chi connectivity index (χ1) is 11.4. The molecule has 23 heavy (non-hydrogen) atoms. The van der Waals surface area contributed by atoms with Gasteiger partial charge in [0.1, 0.15) is 0 Å². The third-order valence-corrected chi connectivity index (χ3v) is 3.48. The Balaban J connectivity index is 1.75. The molecule has 1 N–H and O–H groups in total. The summed E-state index contributed by atoms with van der Waals surface area (Å²) in [5.41, 5.74) is 5.02. The van der Waals surface area contributed by atoms with Crippen molar-refractivity contribution in [3.63, 3.8) is 0 Å². The van der Waals surface area contributed by atoms with Crippen molar-refractivity contribution < 1.29 is 4.74 Å². The topological polar surface area (TPSA) is 49.2 Å². The molecule has 1 aliphatic rings. The normalized spacial score (nSPS) is 15.8.